The first-order chi connectivity index (χ1) is 10.1. The zero-order valence-corrected chi connectivity index (χ0v) is 13.8. The van der Waals surface area contributed by atoms with Gasteiger partial charge < -0.3 is 15.1 Å². The molecule has 0 aliphatic heterocycles. The van der Waals surface area contributed by atoms with Crippen molar-refractivity contribution in [2.45, 2.75) is 46.7 Å². The summed E-state index contributed by atoms with van der Waals surface area (Å²) in [7, 11) is 0. The Kier molecular flexibility index (Phi) is 5.69. The van der Waals surface area contributed by atoms with Crippen molar-refractivity contribution in [3.8, 4) is 0 Å². The third kappa shape index (κ3) is 4.78. The number of hydrogen-bond donors (Lipinski definition) is 2. The van der Waals surface area contributed by atoms with E-state index in [1.54, 1.807) is 11.3 Å². The maximum atomic E-state index is 5.57. The third-order valence-corrected chi connectivity index (χ3v) is 4.25. The Morgan fingerprint density at radius 1 is 1.29 bits per heavy atom. The van der Waals surface area contributed by atoms with E-state index in [0.29, 0.717) is 24.4 Å². The predicted molar refractivity (Wildman–Crippen MR) is 84.4 cm³/mol. The van der Waals surface area contributed by atoms with E-state index in [1.807, 2.05) is 13.1 Å². The van der Waals surface area contributed by atoms with Gasteiger partial charge in [0.25, 0.3) is 0 Å². The summed E-state index contributed by atoms with van der Waals surface area (Å²) in [6.45, 7) is 10.0. The molecule has 2 aromatic heterocycles. The van der Waals surface area contributed by atoms with Gasteiger partial charge in [-0.05, 0) is 25.8 Å². The SMILES string of the molecule is CCc1cnc(C(C)Nc2nnc(CNCC(C)C)o2)s1. The topological polar surface area (TPSA) is 75.9 Å². The monoisotopic (exact) mass is 309 g/mol. The van der Waals surface area contributed by atoms with Crippen LogP contribution in [0.15, 0.2) is 10.6 Å². The smallest absolute Gasteiger partial charge is 0.316 e. The lowest BCUT2D eigenvalue weighted by Crippen LogP contribution is -2.19. The molecule has 116 valence electrons. The molecular formula is C14H23N5OS. The Labute approximate surface area is 129 Å². The standard InChI is InChI=1S/C14H23N5OS/c1-5-11-7-16-13(21-11)10(4)17-14-19-18-12(20-14)8-15-6-9(2)3/h7,9-10,15H,5-6,8H2,1-4H3,(H,17,19). The van der Waals surface area contributed by atoms with Crippen molar-refractivity contribution in [3.05, 3.63) is 22.0 Å². The molecule has 2 rings (SSSR count). The third-order valence-electron chi connectivity index (χ3n) is 2.93. The van der Waals surface area contributed by atoms with Gasteiger partial charge in [0.05, 0.1) is 12.6 Å². The highest BCUT2D eigenvalue weighted by Crippen LogP contribution is 2.23. The summed E-state index contributed by atoms with van der Waals surface area (Å²) in [5.41, 5.74) is 0. The summed E-state index contributed by atoms with van der Waals surface area (Å²) in [5.74, 6) is 1.20. The van der Waals surface area contributed by atoms with E-state index in [1.165, 1.54) is 4.88 Å². The minimum absolute atomic E-state index is 0.0622. The lowest BCUT2D eigenvalue weighted by molar-refractivity contribution is 0.456. The highest BCUT2D eigenvalue weighted by molar-refractivity contribution is 7.11. The van der Waals surface area contributed by atoms with Gasteiger partial charge >= 0.3 is 6.01 Å². The molecular weight excluding hydrogens is 286 g/mol. The Hall–Kier alpha value is -1.47. The lowest BCUT2D eigenvalue weighted by Gasteiger charge is -2.07. The Morgan fingerprint density at radius 3 is 2.76 bits per heavy atom. The van der Waals surface area contributed by atoms with Gasteiger partial charge in [-0.3, -0.25) is 0 Å². The van der Waals surface area contributed by atoms with Crippen LogP contribution in [0, 0.1) is 5.92 Å². The van der Waals surface area contributed by atoms with Crippen LogP contribution in [0.5, 0.6) is 0 Å². The molecule has 6 nitrogen and oxygen atoms in total. The first-order valence-electron chi connectivity index (χ1n) is 7.32. The molecule has 7 heteroatoms. The second-order valence-corrected chi connectivity index (χ2v) is 6.56. The fraction of sp³-hybridized carbons (Fsp3) is 0.643. The molecule has 2 aromatic rings. The lowest BCUT2D eigenvalue weighted by atomic mass is 10.2. The number of thiazole rings is 1. The number of nitrogens with zero attached hydrogens (tertiary/aromatic N) is 3. The van der Waals surface area contributed by atoms with Crippen LogP contribution in [-0.2, 0) is 13.0 Å². The van der Waals surface area contributed by atoms with Crippen molar-refractivity contribution in [1.82, 2.24) is 20.5 Å². The predicted octanol–water partition coefficient (Wildman–Crippen LogP) is 3.01. The van der Waals surface area contributed by atoms with Crippen molar-refractivity contribution >= 4 is 17.4 Å². The molecule has 0 amide bonds. The fourth-order valence-electron chi connectivity index (χ4n) is 1.78. The molecule has 0 aliphatic rings. The normalized spacial score (nSPS) is 12.8. The zero-order valence-electron chi connectivity index (χ0n) is 13.0. The molecule has 1 unspecified atom stereocenters. The zero-order chi connectivity index (χ0) is 15.2. The van der Waals surface area contributed by atoms with Gasteiger partial charge in [-0.2, -0.15) is 0 Å². The molecule has 0 aliphatic carbocycles. The van der Waals surface area contributed by atoms with Crippen molar-refractivity contribution < 1.29 is 4.42 Å². The molecule has 0 aromatic carbocycles. The van der Waals surface area contributed by atoms with E-state index in [2.05, 4.69) is 46.6 Å². The Morgan fingerprint density at radius 2 is 2.10 bits per heavy atom. The number of aromatic nitrogens is 3. The summed E-state index contributed by atoms with van der Waals surface area (Å²) in [6.07, 6.45) is 2.93. The van der Waals surface area contributed by atoms with Crippen LogP contribution in [0.1, 0.15) is 49.5 Å². The molecule has 0 saturated carbocycles. The average molecular weight is 309 g/mol. The van der Waals surface area contributed by atoms with E-state index < -0.39 is 0 Å². The molecule has 0 spiro atoms. The van der Waals surface area contributed by atoms with Crippen LogP contribution < -0.4 is 10.6 Å². The van der Waals surface area contributed by atoms with E-state index in [-0.39, 0.29) is 6.04 Å². The molecule has 0 bridgehead atoms. The molecule has 2 heterocycles. The molecule has 2 N–H and O–H groups in total. The minimum atomic E-state index is 0.0622. The first-order valence-corrected chi connectivity index (χ1v) is 8.14. The van der Waals surface area contributed by atoms with E-state index in [9.17, 15) is 0 Å². The molecule has 21 heavy (non-hydrogen) atoms. The fourth-order valence-corrected chi connectivity index (χ4v) is 2.64. The van der Waals surface area contributed by atoms with Crippen LogP contribution in [-0.4, -0.2) is 21.7 Å². The number of rotatable bonds is 8. The summed E-state index contributed by atoms with van der Waals surface area (Å²) in [4.78, 5) is 5.69. The molecule has 0 radical (unpaired) electrons. The van der Waals surface area contributed by atoms with Crippen LogP contribution in [0.2, 0.25) is 0 Å². The van der Waals surface area contributed by atoms with Gasteiger partial charge in [0.15, 0.2) is 0 Å². The Bertz CT molecular complexity index is 551. The maximum absolute atomic E-state index is 5.57. The highest BCUT2D eigenvalue weighted by Gasteiger charge is 2.13. The number of aryl methyl sites for hydroxylation is 1. The summed E-state index contributed by atoms with van der Waals surface area (Å²) in [6, 6.07) is 0.504. The van der Waals surface area contributed by atoms with Gasteiger partial charge in [-0.15, -0.1) is 16.4 Å². The van der Waals surface area contributed by atoms with Crippen LogP contribution in [0.25, 0.3) is 0 Å². The van der Waals surface area contributed by atoms with Crippen LogP contribution in [0.4, 0.5) is 6.01 Å². The maximum Gasteiger partial charge on any atom is 0.316 e. The van der Waals surface area contributed by atoms with Crippen molar-refractivity contribution in [2.75, 3.05) is 11.9 Å². The highest BCUT2D eigenvalue weighted by atomic mass is 32.1. The van der Waals surface area contributed by atoms with Gasteiger partial charge in [-0.25, -0.2) is 4.98 Å². The molecule has 0 fully saturated rings. The van der Waals surface area contributed by atoms with E-state index in [4.69, 9.17) is 4.42 Å². The van der Waals surface area contributed by atoms with Crippen LogP contribution in [0.3, 0.4) is 0 Å². The van der Waals surface area contributed by atoms with Gasteiger partial charge in [-0.1, -0.05) is 25.9 Å². The summed E-state index contributed by atoms with van der Waals surface area (Å²) >= 11 is 1.71. The largest absolute Gasteiger partial charge is 0.407 e. The van der Waals surface area contributed by atoms with Crippen molar-refractivity contribution in [3.63, 3.8) is 0 Å². The Balaban J connectivity index is 1.86. The molecule has 1 atom stereocenters. The first kappa shape index (κ1) is 15.9. The summed E-state index contributed by atoms with van der Waals surface area (Å²) in [5, 5.41) is 15.5. The van der Waals surface area contributed by atoms with E-state index in [0.717, 1.165) is 18.0 Å². The van der Waals surface area contributed by atoms with E-state index >= 15 is 0 Å². The average Bonchev–Trinajstić information content (AvgIpc) is 3.07. The summed E-state index contributed by atoms with van der Waals surface area (Å²) < 4.78 is 5.57. The minimum Gasteiger partial charge on any atom is -0.407 e. The van der Waals surface area contributed by atoms with Gasteiger partial charge in [0, 0.05) is 11.1 Å². The quantitative estimate of drug-likeness (QED) is 0.780. The van der Waals surface area contributed by atoms with Gasteiger partial charge in [0.1, 0.15) is 5.01 Å². The second kappa shape index (κ2) is 7.51. The van der Waals surface area contributed by atoms with Crippen molar-refractivity contribution in [1.29, 1.82) is 0 Å². The molecule has 0 saturated heterocycles. The van der Waals surface area contributed by atoms with Crippen LogP contribution >= 0.6 is 11.3 Å². The number of hydrogen-bond acceptors (Lipinski definition) is 7. The van der Waals surface area contributed by atoms with Gasteiger partial charge in [0.2, 0.25) is 5.89 Å². The van der Waals surface area contributed by atoms with Crippen molar-refractivity contribution in [2.24, 2.45) is 5.92 Å². The number of anilines is 1. The number of nitrogens with one attached hydrogen (secondary N) is 2. The second-order valence-electron chi connectivity index (χ2n) is 5.41.